The largest absolute Gasteiger partial charge is 0.484 e. The van der Waals surface area contributed by atoms with Gasteiger partial charge in [-0.05, 0) is 36.4 Å². The van der Waals surface area contributed by atoms with Crippen molar-refractivity contribution in [3.8, 4) is 5.75 Å². The predicted octanol–water partition coefficient (Wildman–Crippen LogP) is 1.55. The van der Waals surface area contributed by atoms with Gasteiger partial charge in [0.1, 0.15) is 11.5 Å². The summed E-state index contributed by atoms with van der Waals surface area (Å²) in [6.07, 6.45) is 1.46. The molecule has 0 radical (unpaired) electrons. The fraction of sp³-hybridized carbons (Fsp3) is 0.267. The van der Waals surface area contributed by atoms with E-state index in [-0.39, 0.29) is 25.4 Å². The molecule has 0 spiro atoms. The summed E-state index contributed by atoms with van der Waals surface area (Å²) >= 11 is 5.74. The first-order valence-corrected chi connectivity index (χ1v) is 9.12. The van der Waals surface area contributed by atoms with Crippen LogP contribution in [0, 0.1) is 0 Å². The maximum Gasteiger partial charge on any atom is 0.257 e. The lowest BCUT2D eigenvalue weighted by atomic mass is 10.3. The van der Waals surface area contributed by atoms with E-state index < -0.39 is 15.9 Å². The molecule has 0 aliphatic carbocycles. The Morgan fingerprint density at radius 1 is 1.21 bits per heavy atom. The highest BCUT2D eigenvalue weighted by Gasteiger charge is 2.11. The van der Waals surface area contributed by atoms with Gasteiger partial charge in [0.15, 0.2) is 6.61 Å². The first-order chi connectivity index (χ1) is 11.4. The fourth-order valence-electron chi connectivity index (χ4n) is 1.72. The molecule has 130 valence electrons. The summed E-state index contributed by atoms with van der Waals surface area (Å²) in [6.45, 7) is -0.152. The summed E-state index contributed by atoms with van der Waals surface area (Å²) in [4.78, 5) is 11.6. The molecule has 0 bridgehead atoms. The van der Waals surface area contributed by atoms with Crippen LogP contribution in [0.1, 0.15) is 5.76 Å². The molecule has 2 rings (SSSR count). The summed E-state index contributed by atoms with van der Waals surface area (Å²) in [5.74, 6) is 0.368. The number of furan rings is 1. The van der Waals surface area contributed by atoms with Crippen LogP contribution in [0.3, 0.4) is 0 Å². The SMILES string of the molecule is O=C(COc1ccc(Cl)cc1)NCCS(=O)(=O)NCc1ccco1. The lowest BCUT2D eigenvalue weighted by Gasteiger charge is -2.08. The third-order valence-electron chi connectivity index (χ3n) is 2.92. The van der Waals surface area contributed by atoms with Crippen molar-refractivity contribution in [1.29, 1.82) is 0 Å². The van der Waals surface area contributed by atoms with E-state index in [0.29, 0.717) is 16.5 Å². The smallest absolute Gasteiger partial charge is 0.257 e. The van der Waals surface area contributed by atoms with Crippen LogP contribution in [-0.2, 0) is 21.4 Å². The van der Waals surface area contributed by atoms with Gasteiger partial charge in [0, 0.05) is 11.6 Å². The maximum atomic E-state index is 11.8. The normalized spacial score (nSPS) is 11.2. The molecule has 1 heterocycles. The molecule has 9 heteroatoms. The Morgan fingerprint density at radius 2 is 1.96 bits per heavy atom. The van der Waals surface area contributed by atoms with E-state index in [9.17, 15) is 13.2 Å². The van der Waals surface area contributed by atoms with Crippen LogP contribution in [-0.4, -0.2) is 33.2 Å². The number of halogens is 1. The number of rotatable bonds is 9. The zero-order valence-electron chi connectivity index (χ0n) is 12.7. The number of carbonyl (C=O) groups is 1. The molecule has 0 atom stereocenters. The number of amides is 1. The van der Waals surface area contributed by atoms with E-state index in [2.05, 4.69) is 10.0 Å². The summed E-state index contributed by atoms with van der Waals surface area (Å²) in [6, 6.07) is 9.90. The van der Waals surface area contributed by atoms with Gasteiger partial charge in [0.05, 0.1) is 18.6 Å². The third-order valence-corrected chi connectivity index (χ3v) is 4.50. The highest BCUT2D eigenvalue weighted by atomic mass is 35.5. The molecule has 0 unspecified atom stereocenters. The van der Waals surface area contributed by atoms with Gasteiger partial charge in [0.2, 0.25) is 10.0 Å². The van der Waals surface area contributed by atoms with Crippen molar-refractivity contribution in [2.75, 3.05) is 18.9 Å². The molecule has 0 aliphatic rings. The highest BCUT2D eigenvalue weighted by Crippen LogP contribution is 2.15. The van der Waals surface area contributed by atoms with Crippen LogP contribution in [0.15, 0.2) is 47.1 Å². The molecule has 2 N–H and O–H groups in total. The van der Waals surface area contributed by atoms with Gasteiger partial charge >= 0.3 is 0 Å². The molecule has 24 heavy (non-hydrogen) atoms. The van der Waals surface area contributed by atoms with Crippen molar-refractivity contribution in [3.63, 3.8) is 0 Å². The van der Waals surface area contributed by atoms with Crippen molar-refractivity contribution in [2.45, 2.75) is 6.54 Å². The number of ether oxygens (including phenoxy) is 1. The van der Waals surface area contributed by atoms with E-state index >= 15 is 0 Å². The zero-order valence-corrected chi connectivity index (χ0v) is 14.3. The number of sulfonamides is 1. The summed E-state index contributed by atoms with van der Waals surface area (Å²) < 4.78 is 36.2. The molecule has 2 aromatic rings. The standard InChI is InChI=1S/C15H17ClN2O5S/c16-12-3-5-13(6-4-12)23-11-15(19)17-7-9-24(20,21)18-10-14-2-1-8-22-14/h1-6,8,18H,7,9-11H2,(H,17,19). The molecular weight excluding hydrogens is 356 g/mol. The van der Waals surface area contributed by atoms with Crippen LogP contribution in [0.4, 0.5) is 0 Å². The first kappa shape index (κ1) is 18.3. The van der Waals surface area contributed by atoms with Gasteiger partial charge in [-0.2, -0.15) is 0 Å². The van der Waals surface area contributed by atoms with Crippen LogP contribution in [0.5, 0.6) is 5.75 Å². The van der Waals surface area contributed by atoms with Crippen molar-refractivity contribution in [3.05, 3.63) is 53.4 Å². The number of hydrogen-bond acceptors (Lipinski definition) is 5. The summed E-state index contributed by atoms with van der Waals surface area (Å²) in [7, 11) is -3.51. The van der Waals surface area contributed by atoms with Crippen molar-refractivity contribution in [1.82, 2.24) is 10.0 Å². The lowest BCUT2D eigenvalue weighted by Crippen LogP contribution is -2.36. The van der Waals surface area contributed by atoms with Gasteiger partial charge < -0.3 is 14.5 Å². The van der Waals surface area contributed by atoms with Crippen molar-refractivity contribution < 1.29 is 22.4 Å². The van der Waals surface area contributed by atoms with E-state index in [1.54, 1.807) is 36.4 Å². The Labute approximate surface area is 145 Å². The molecule has 1 aromatic heterocycles. The average molecular weight is 373 g/mol. The Kier molecular flexibility index (Phi) is 6.65. The minimum absolute atomic E-state index is 0.0176. The molecular formula is C15H17ClN2O5S. The van der Waals surface area contributed by atoms with Gasteiger partial charge in [-0.15, -0.1) is 0 Å². The summed E-state index contributed by atoms with van der Waals surface area (Å²) in [5.41, 5.74) is 0. The number of benzene rings is 1. The fourth-order valence-corrected chi connectivity index (χ4v) is 2.73. The number of hydrogen-bond donors (Lipinski definition) is 2. The Bertz CT molecular complexity index is 745. The molecule has 0 fully saturated rings. The molecule has 1 amide bonds. The monoisotopic (exact) mass is 372 g/mol. The van der Waals surface area contributed by atoms with E-state index in [1.807, 2.05) is 0 Å². The first-order valence-electron chi connectivity index (χ1n) is 7.09. The third kappa shape index (κ3) is 6.61. The maximum absolute atomic E-state index is 11.8. The van der Waals surface area contributed by atoms with Crippen LogP contribution in [0.25, 0.3) is 0 Å². The second kappa shape index (κ2) is 8.72. The minimum Gasteiger partial charge on any atom is -0.484 e. The van der Waals surface area contributed by atoms with Crippen molar-refractivity contribution >= 4 is 27.5 Å². The Balaban J connectivity index is 1.65. The molecule has 1 aromatic carbocycles. The quantitative estimate of drug-likeness (QED) is 0.696. The highest BCUT2D eigenvalue weighted by molar-refractivity contribution is 7.89. The topological polar surface area (TPSA) is 97.6 Å². The van der Waals surface area contributed by atoms with Gasteiger partial charge in [-0.1, -0.05) is 11.6 Å². The summed E-state index contributed by atoms with van der Waals surface area (Å²) in [5, 5.41) is 3.05. The second-order valence-corrected chi connectivity index (χ2v) is 7.17. The average Bonchev–Trinajstić information content (AvgIpc) is 3.06. The molecule has 0 aliphatic heterocycles. The van der Waals surface area contributed by atoms with E-state index in [0.717, 1.165) is 0 Å². The predicted molar refractivity (Wildman–Crippen MR) is 89.3 cm³/mol. The Hall–Kier alpha value is -2.03. The van der Waals surface area contributed by atoms with Crippen LogP contribution in [0.2, 0.25) is 5.02 Å². The zero-order chi connectivity index (χ0) is 17.4. The number of nitrogens with one attached hydrogen (secondary N) is 2. The molecule has 7 nitrogen and oxygen atoms in total. The van der Waals surface area contributed by atoms with Gasteiger partial charge in [0.25, 0.3) is 5.91 Å². The molecule has 0 saturated carbocycles. The Morgan fingerprint density at radius 3 is 2.62 bits per heavy atom. The van der Waals surface area contributed by atoms with E-state index in [4.69, 9.17) is 20.8 Å². The van der Waals surface area contributed by atoms with Crippen LogP contribution < -0.4 is 14.8 Å². The van der Waals surface area contributed by atoms with Crippen LogP contribution >= 0.6 is 11.6 Å². The van der Waals surface area contributed by atoms with Crippen molar-refractivity contribution in [2.24, 2.45) is 0 Å². The lowest BCUT2D eigenvalue weighted by molar-refractivity contribution is -0.122. The van der Waals surface area contributed by atoms with E-state index in [1.165, 1.54) is 6.26 Å². The number of carbonyl (C=O) groups excluding carboxylic acids is 1. The van der Waals surface area contributed by atoms with Gasteiger partial charge in [-0.25, -0.2) is 13.1 Å². The minimum atomic E-state index is -3.51. The second-order valence-electron chi connectivity index (χ2n) is 4.81. The van der Waals surface area contributed by atoms with Gasteiger partial charge in [-0.3, -0.25) is 4.79 Å². The molecule has 0 saturated heterocycles.